The van der Waals surface area contributed by atoms with Crippen LogP contribution in [0.4, 0.5) is 0 Å². The van der Waals surface area contributed by atoms with Crippen LogP contribution in [0.1, 0.15) is 16.1 Å². The Kier molecular flexibility index (Phi) is 2.30. The molecule has 5 nitrogen and oxygen atoms in total. The predicted molar refractivity (Wildman–Crippen MR) is 59.0 cm³/mol. The summed E-state index contributed by atoms with van der Waals surface area (Å²) in [6, 6.07) is 3.11. The van der Waals surface area contributed by atoms with E-state index in [0.717, 1.165) is 16.6 Å². The van der Waals surface area contributed by atoms with Gasteiger partial charge in [0.25, 0.3) is 0 Å². The molecule has 2 rings (SSSR count). The molecule has 0 aliphatic heterocycles. The maximum Gasteiger partial charge on any atom is 0.335 e. The number of aryl methyl sites for hydroxylation is 2. The van der Waals surface area contributed by atoms with E-state index in [1.54, 1.807) is 17.8 Å². The fourth-order valence-electron chi connectivity index (χ4n) is 1.83. The normalized spacial score (nSPS) is 10.7. The zero-order valence-electron chi connectivity index (χ0n) is 9.31. The maximum atomic E-state index is 10.9. The molecule has 0 fully saturated rings. The second-order valence-corrected chi connectivity index (χ2v) is 3.59. The van der Waals surface area contributed by atoms with Crippen LogP contribution in [0.15, 0.2) is 12.1 Å². The summed E-state index contributed by atoms with van der Waals surface area (Å²) in [7, 11) is 3.30. The fourth-order valence-corrected chi connectivity index (χ4v) is 1.83. The van der Waals surface area contributed by atoms with Crippen LogP contribution in [0.3, 0.4) is 0 Å². The SMILES string of the molecule is COc1cc(C(=O)O)cc2c1c(C)nn2C. The van der Waals surface area contributed by atoms with Gasteiger partial charge in [0, 0.05) is 7.05 Å². The molecule has 0 aliphatic rings. The van der Waals surface area contributed by atoms with Crippen LogP contribution < -0.4 is 4.74 Å². The molecule has 2 aromatic rings. The highest BCUT2D eigenvalue weighted by atomic mass is 16.5. The molecule has 5 heteroatoms. The van der Waals surface area contributed by atoms with E-state index in [1.807, 2.05) is 6.92 Å². The average molecular weight is 220 g/mol. The first-order chi connectivity index (χ1) is 7.54. The van der Waals surface area contributed by atoms with Crippen LogP contribution >= 0.6 is 0 Å². The van der Waals surface area contributed by atoms with E-state index in [1.165, 1.54) is 13.2 Å². The molecule has 0 saturated carbocycles. The van der Waals surface area contributed by atoms with Crippen LogP contribution in [0.25, 0.3) is 10.9 Å². The number of rotatable bonds is 2. The molecule has 84 valence electrons. The van der Waals surface area contributed by atoms with Crippen molar-refractivity contribution in [3.05, 3.63) is 23.4 Å². The average Bonchev–Trinajstić information content (AvgIpc) is 2.53. The molecule has 0 saturated heterocycles. The minimum atomic E-state index is -0.973. The number of aromatic carboxylic acids is 1. The van der Waals surface area contributed by atoms with Crippen molar-refractivity contribution in [1.29, 1.82) is 0 Å². The number of ether oxygens (including phenoxy) is 1. The third-order valence-corrected chi connectivity index (χ3v) is 2.56. The number of benzene rings is 1. The van der Waals surface area contributed by atoms with Crippen LogP contribution in [0, 0.1) is 6.92 Å². The van der Waals surface area contributed by atoms with Gasteiger partial charge in [-0.15, -0.1) is 0 Å². The second-order valence-electron chi connectivity index (χ2n) is 3.59. The van der Waals surface area contributed by atoms with Gasteiger partial charge >= 0.3 is 5.97 Å². The molecule has 0 aliphatic carbocycles. The van der Waals surface area contributed by atoms with E-state index in [0.29, 0.717) is 5.75 Å². The third kappa shape index (κ3) is 1.41. The van der Waals surface area contributed by atoms with E-state index in [2.05, 4.69) is 5.10 Å². The highest BCUT2D eigenvalue weighted by Gasteiger charge is 2.14. The topological polar surface area (TPSA) is 64.3 Å². The van der Waals surface area contributed by atoms with Gasteiger partial charge in [-0.1, -0.05) is 0 Å². The van der Waals surface area contributed by atoms with Gasteiger partial charge in [-0.2, -0.15) is 5.10 Å². The Morgan fingerprint density at radius 1 is 1.50 bits per heavy atom. The number of hydrogen-bond donors (Lipinski definition) is 1. The Morgan fingerprint density at radius 3 is 2.75 bits per heavy atom. The first kappa shape index (κ1) is 10.5. The van der Waals surface area contributed by atoms with Crippen molar-refractivity contribution in [1.82, 2.24) is 9.78 Å². The Labute approximate surface area is 92.2 Å². The van der Waals surface area contributed by atoms with Crippen molar-refractivity contribution in [2.45, 2.75) is 6.92 Å². The summed E-state index contributed by atoms with van der Waals surface area (Å²) in [5, 5.41) is 14.1. The van der Waals surface area contributed by atoms with Crippen molar-refractivity contribution >= 4 is 16.9 Å². The Morgan fingerprint density at radius 2 is 2.19 bits per heavy atom. The molecule has 1 heterocycles. The number of nitrogens with zero attached hydrogens (tertiary/aromatic N) is 2. The van der Waals surface area contributed by atoms with Gasteiger partial charge in [-0.25, -0.2) is 4.79 Å². The van der Waals surface area contributed by atoms with Gasteiger partial charge in [-0.3, -0.25) is 4.68 Å². The van der Waals surface area contributed by atoms with Crippen LogP contribution in [0.5, 0.6) is 5.75 Å². The van der Waals surface area contributed by atoms with E-state index >= 15 is 0 Å². The molecule has 16 heavy (non-hydrogen) atoms. The zero-order chi connectivity index (χ0) is 11.9. The first-order valence-corrected chi connectivity index (χ1v) is 4.79. The lowest BCUT2D eigenvalue weighted by Gasteiger charge is -2.04. The molecule has 0 spiro atoms. The van der Waals surface area contributed by atoms with Crippen LogP contribution in [0.2, 0.25) is 0 Å². The maximum absolute atomic E-state index is 10.9. The molecule has 0 unspecified atom stereocenters. The number of aromatic nitrogens is 2. The van der Waals surface area contributed by atoms with Crippen molar-refractivity contribution < 1.29 is 14.6 Å². The predicted octanol–water partition coefficient (Wildman–Crippen LogP) is 1.59. The lowest BCUT2D eigenvalue weighted by atomic mass is 10.1. The minimum absolute atomic E-state index is 0.201. The summed E-state index contributed by atoms with van der Waals surface area (Å²) in [5.74, 6) is -0.431. The number of carboxylic acids is 1. The van der Waals surface area contributed by atoms with Gasteiger partial charge in [0.1, 0.15) is 5.75 Å². The van der Waals surface area contributed by atoms with E-state index in [4.69, 9.17) is 9.84 Å². The van der Waals surface area contributed by atoms with E-state index < -0.39 is 5.97 Å². The van der Waals surface area contributed by atoms with Gasteiger partial charge in [0.15, 0.2) is 0 Å². The quantitative estimate of drug-likeness (QED) is 0.834. The lowest BCUT2D eigenvalue weighted by Crippen LogP contribution is -1.98. The minimum Gasteiger partial charge on any atom is -0.496 e. The molecule has 0 atom stereocenters. The molecular weight excluding hydrogens is 208 g/mol. The Bertz CT molecular complexity index is 572. The molecule has 1 N–H and O–H groups in total. The van der Waals surface area contributed by atoms with Gasteiger partial charge in [0.05, 0.1) is 29.3 Å². The second kappa shape index (κ2) is 3.52. The monoisotopic (exact) mass is 220 g/mol. The number of methoxy groups -OCH3 is 1. The molecular formula is C11H12N2O3. The molecule has 1 aromatic heterocycles. The molecule has 0 bridgehead atoms. The van der Waals surface area contributed by atoms with E-state index in [-0.39, 0.29) is 5.56 Å². The summed E-state index contributed by atoms with van der Waals surface area (Å²) < 4.78 is 6.85. The van der Waals surface area contributed by atoms with E-state index in [9.17, 15) is 4.79 Å². The number of fused-ring (bicyclic) bond motifs is 1. The summed E-state index contributed by atoms with van der Waals surface area (Å²) in [5.41, 5.74) is 1.79. The zero-order valence-corrected chi connectivity index (χ0v) is 9.31. The number of hydrogen-bond acceptors (Lipinski definition) is 3. The Hall–Kier alpha value is -2.04. The number of carboxylic acid groups (broad SMARTS) is 1. The summed E-state index contributed by atoms with van der Waals surface area (Å²) in [4.78, 5) is 10.9. The Balaban J connectivity index is 2.86. The highest BCUT2D eigenvalue weighted by molar-refractivity contribution is 5.97. The largest absolute Gasteiger partial charge is 0.496 e. The summed E-state index contributed by atoms with van der Waals surface area (Å²) in [6.45, 7) is 1.87. The summed E-state index contributed by atoms with van der Waals surface area (Å²) >= 11 is 0. The first-order valence-electron chi connectivity index (χ1n) is 4.79. The lowest BCUT2D eigenvalue weighted by molar-refractivity contribution is 0.0696. The van der Waals surface area contributed by atoms with Gasteiger partial charge in [-0.05, 0) is 19.1 Å². The van der Waals surface area contributed by atoms with Crippen molar-refractivity contribution in [3.63, 3.8) is 0 Å². The fraction of sp³-hybridized carbons (Fsp3) is 0.273. The molecule has 0 radical (unpaired) electrons. The summed E-state index contributed by atoms with van der Waals surface area (Å²) in [6.07, 6.45) is 0. The van der Waals surface area contributed by atoms with Crippen molar-refractivity contribution in [3.8, 4) is 5.75 Å². The van der Waals surface area contributed by atoms with Gasteiger partial charge in [0.2, 0.25) is 0 Å². The number of carbonyl (C=O) groups is 1. The van der Waals surface area contributed by atoms with Crippen LogP contribution in [-0.2, 0) is 7.05 Å². The molecule has 1 aromatic carbocycles. The molecule has 0 amide bonds. The highest BCUT2D eigenvalue weighted by Crippen LogP contribution is 2.29. The van der Waals surface area contributed by atoms with Crippen molar-refractivity contribution in [2.75, 3.05) is 7.11 Å². The standard InChI is InChI=1S/C11H12N2O3/c1-6-10-8(13(2)12-6)4-7(11(14)15)5-9(10)16-3/h4-5H,1-3H3,(H,14,15). The van der Waals surface area contributed by atoms with Gasteiger partial charge < -0.3 is 9.84 Å². The van der Waals surface area contributed by atoms with Crippen LogP contribution in [-0.4, -0.2) is 28.0 Å². The smallest absolute Gasteiger partial charge is 0.335 e. The van der Waals surface area contributed by atoms with Crippen molar-refractivity contribution in [2.24, 2.45) is 7.05 Å². The third-order valence-electron chi connectivity index (χ3n) is 2.56.